The van der Waals surface area contributed by atoms with Gasteiger partial charge in [0, 0.05) is 24.3 Å². The molecule has 0 unspecified atom stereocenters. The van der Waals surface area contributed by atoms with Gasteiger partial charge in [-0.3, -0.25) is 9.59 Å². The molecule has 0 saturated heterocycles. The molecule has 7 nitrogen and oxygen atoms in total. The number of carbonyl (C=O) groups excluding carboxylic acids is 2. The molecule has 3 aromatic rings. The Balaban J connectivity index is 1.59. The number of amides is 2. The van der Waals surface area contributed by atoms with Crippen molar-refractivity contribution >= 4 is 46.3 Å². The van der Waals surface area contributed by atoms with Gasteiger partial charge in [-0.05, 0) is 55.5 Å². The zero-order valence-electron chi connectivity index (χ0n) is 17.3. The Morgan fingerprint density at radius 1 is 1.13 bits per heavy atom. The second kappa shape index (κ2) is 10.4. The molecule has 2 heterocycles. The molecule has 0 atom stereocenters. The van der Waals surface area contributed by atoms with Crippen molar-refractivity contribution in [3.63, 3.8) is 0 Å². The van der Waals surface area contributed by atoms with E-state index >= 15 is 0 Å². The molecule has 0 aliphatic heterocycles. The summed E-state index contributed by atoms with van der Waals surface area (Å²) in [6.45, 7) is 6.63. The molecule has 1 aromatic carbocycles. The Morgan fingerprint density at radius 3 is 2.63 bits per heavy atom. The van der Waals surface area contributed by atoms with Gasteiger partial charge in [0.25, 0.3) is 0 Å². The molecule has 30 heavy (non-hydrogen) atoms. The lowest BCUT2D eigenvalue weighted by Gasteiger charge is -2.11. The lowest BCUT2D eigenvalue weighted by molar-refractivity contribution is -0.116. The maximum atomic E-state index is 12.5. The van der Waals surface area contributed by atoms with Gasteiger partial charge >= 0.3 is 0 Å². The lowest BCUT2D eigenvalue weighted by atomic mass is 10.1. The summed E-state index contributed by atoms with van der Waals surface area (Å²) in [5.41, 5.74) is 2.35. The van der Waals surface area contributed by atoms with Gasteiger partial charge in [0.2, 0.25) is 11.8 Å². The number of rotatable bonds is 9. The van der Waals surface area contributed by atoms with Crippen LogP contribution in [0.15, 0.2) is 40.9 Å². The van der Waals surface area contributed by atoms with Gasteiger partial charge in [-0.15, -0.1) is 21.5 Å². The van der Waals surface area contributed by atoms with E-state index in [1.165, 1.54) is 11.8 Å². The Morgan fingerprint density at radius 2 is 1.97 bits per heavy atom. The van der Waals surface area contributed by atoms with Crippen molar-refractivity contribution in [3.8, 4) is 10.7 Å². The molecule has 0 aliphatic rings. The first kappa shape index (κ1) is 22.0. The first-order chi connectivity index (χ1) is 14.5. The van der Waals surface area contributed by atoms with Crippen molar-refractivity contribution in [2.75, 3.05) is 16.4 Å². The van der Waals surface area contributed by atoms with E-state index in [1.807, 2.05) is 55.0 Å². The molecule has 2 N–H and O–H groups in total. The molecule has 2 aromatic heterocycles. The maximum absolute atomic E-state index is 12.5. The monoisotopic (exact) mass is 443 g/mol. The SMILES string of the molecule is CCCC(=O)Nc1ccc(NC(=O)CSc2nnc(-c3cccs3)n2CC)c(C)c1. The van der Waals surface area contributed by atoms with Crippen molar-refractivity contribution in [3.05, 3.63) is 41.3 Å². The van der Waals surface area contributed by atoms with E-state index < -0.39 is 0 Å². The normalized spacial score (nSPS) is 10.8. The first-order valence-electron chi connectivity index (χ1n) is 9.82. The Labute approximate surface area is 184 Å². The maximum Gasteiger partial charge on any atom is 0.234 e. The quantitative estimate of drug-likeness (QED) is 0.464. The summed E-state index contributed by atoms with van der Waals surface area (Å²) in [6, 6.07) is 9.46. The molecule has 158 valence electrons. The highest BCUT2D eigenvalue weighted by atomic mass is 32.2. The minimum atomic E-state index is -0.116. The van der Waals surface area contributed by atoms with E-state index in [1.54, 1.807) is 17.4 Å². The van der Waals surface area contributed by atoms with Gasteiger partial charge in [0.05, 0.1) is 10.6 Å². The van der Waals surface area contributed by atoms with Crippen LogP contribution in [0.5, 0.6) is 0 Å². The number of aromatic nitrogens is 3. The molecule has 0 fully saturated rings. The average Bonchev–Trinajstić information content (AvgIpc) is 3.37. The smallest absolute Gasteiger partial charge is 0.234 e. The van der Waals surface area contributed by atoms with Crippen LogP contribution in [0.3, 0.4) is 0 Å². The fraction of sp³-hybridized carbons (Fsp3) is 0.333. The van der Waals surface area contributed by atoms with Crippen molar-refractivity contribution < 1.29 is 9.59 Å². The molecule has 0 radical (unpaired) electrons. The fourth-order valence-corrected chi connectivity index (χ4v) is 4.44. The number of nitrogens with zero attached hydrogens (tertiary/aromatic N) is 3. The minimum Gasteiger partial charge on any atom is -0.326 e. The van der Waals surface area contributed by atoms with Crippen molar-refractivity contribution in [1.82, 2.24) is 14.8 Å². The summed E-state index contributed by atoms with van der Waals surface area (Å²) in [7, 11) is 0. The highest BCUT2D eigenvalue weighted by Crippen LogP contribution is 2.27. The van der Waals surface area contributed by atoms with E-state index in [0.717, 1.165) is 45.8 Å². The van der Waals surface area contributed by atoms with E-state index in [2.05, 4.69) is 20.8 Å². The number of carbonyl (C=O) groups is 2. The molecule has 3 rings (SSSR count). The van der Waals surface area contributed by atoms with Crippen LogP contribution in [0.1, 0.15) is 32.3 Å². The third kappa shape index (κ3) is 5.48. The molecular weight excluding hydrogens is 418 g/mol. The zero-order chi connectivity index (χ0) is 21.5. The average molecular weight is 444 g/mol. The molecular formula is C21H25N5O2S2. The number of hydrogen-bond acceptors (Lipinski definition) is 6. The van der Waals surface area contributed by atoms with Crippen LogP contribution in [-0.4, -0.2) is 32.3 Å². The second-order valence-electron chi connectivity index (χ2n) is 6.69. The minimum absolute atomic E-state index is 0.00737. The number of benzene rings is 1. The van der Waals surface area contributed by atoms with Crippen LogP contribution in [0.2, 0.25) is 0 Å². The lowest BCUT2D eigenvalue weighted by Crippen LogP contribution is -2.16. The standard InChI is InChI=1S/C21H25N5O2S2/c1-4-7-18(27)22-15-9-10-16(14(3)12-15)23-19(28)13-30-21-25-24-20(26(21)5-2)17-8-6-11-29-17/h6,8-12H,4-5,7,13H2,1-3H3,(H,22,27)(H,23,28). The van der Waals surface area contributed by atoms with E-state index in [4.69, 9.17) is 0 Å². The Hall–Kier alpha value is -2.65. The number of nitrogens with one attached hydrogen (secondary N) is 2. The zero-order valence-corrected chi connectivity index (χ0v) is 18.9. The predicted molar refractivity (Wildman–Crippen MR) is 123 cm³/mol. The van der Waals surface area contributed by atoms with Gasteiger partial charge in [0.1, 0.15) is 0 Å². The van der Waals surface area contributed by atoms with E-state index in [0.29, 0.717) is 6.42 Å². The van der Waals surface area contributed by atoms with Crippen LogP contribution in [0.25, 0.3) is 10.7 Å². The van der Waals surface area contributed by atoms with Crippen LogP contribution in [0, 0.1) is 6.92 Å². The van der Waals surface area contributed by atoms with Gasteiger partial charge in [-0.1, -0.05) is 24.8 Å². The van der Waals surface area contributed by atoms with Crippen LogP contribution < -0.4 is 10.6 Å². The summed E-state index contributed by atoms with van der Waals surface area (Å²) >= 11 is 2.98. The number of thiophene rings is 1. The van der Waals surface area contributed by atoms with Gasteiger partial charge in [-0.2, -0.15) is 0 Å². The van der Waals surface area contributed by atoms with Gasteiger partial charge < -0.3 is 15.2 Å². The van der Waals surface area contributed by atoms with Crippen LogP contribution in [-0.2, 0) is 16.1 Å². The summed E-state index contributed by atoms with van der Waals surface area (Å²) in [6.07, 6.45) is 1.29. The Bertz CT molecular complexity index is 1010. The fourth-order valence-electron chi connectivity index (χ4n) is 2.92. The summed E-state index contributed by atoms with van der Waals surface area (Å²) in [5, 5.41) is 17.1. The van der Waals surface area contributed by atoms with E-state index in [9.17, 15) is 9.59 Å². The third-order valence-electron chi connectivity index (χ3n) is 4.37. The molecule has 9 heteroatoms. The molecule has 0 saturated carbocycles. The molecule has 0 bridgehead atoms. The van der Waals surface area contributed by atoms with Gasteiger partial charge in [-0.25, -0.2) is 0 Å². The summed E-state index contributed by atoms with van der Waals surface area (Å²) < 4.78 is 2.02. The number of thioether (sulfide) groups is 1. The third-order valence-corrected chi connectivity index (χ3v) is 6.20. The van der Waals surface area contributed by atoms with E-state index in [-0.39, 0.29) is 17.6 Å². The molecule has 2 amide bonds. The van der Waals surface area contributed by atoms with Gasteiger partial charge in [0.15, 0.2) is 11.0 Å². The topological polar surface area (TPSA) is 88.9 Å². The van der Waals surface area contributed by atoms with Crippen LogP contribution in [0.4, 0.5) is 11.4 Å². The largest absolute Gasteiger partial charge is 0.326 e. The van der Waals surface area contributed by atoms with Crippen molar-refractivity contribution in [2.45, 2.75) is 45.3 Å². The highest BCUT2D eigenvalue weighted by Gasteiger charge is 2.15. The first-order valence-corrected chi connectivity index (χ1v) is 11.7. The molecule has 0 aliphatic carbocycles. The highest BCUT2D eigenvalue weighted by molar-refractivity contribution is 7.99. The van der Waals surface area contributed by atoms with Crippen molar-refractivity contribution in [2.24, 2.45) is 0 Å². The number of anilines is 2. The Kier molecular flexibility index (Phi) is 7.64. The number of hydrogen-bond donors (Lipinski definition) is 2. The number of aryl methyl sites for hydroxylation is 1. The summed E-state index contributed by atoms with van der Waals surface area (Å²) in [4.78, 5) is 25.3. The molecule has 0 spiro atoms. The second-order valence-corrected chi connectivity index (χ2v) is 8.58. The summed E-state index contributed by atoms with van der Waals surface area (Å²) in [5.74, 6) is 0.935. The van der Waals surface area contributed by atoms with Crippen LogP contribution >= 0.6 is 23.1 Å². The van der Waals surface area contributed by atoms with Crippen molar-refractivity contribution in [1.29, 1.82) is 0 Å². The predicted octanol–water partition coefficient (Wildman–Crippen LogP) is 4.80.